The van der Waals surface area contributed by atoms with E-state index in [-0.39, 0.29) is 0 Å². The molecule has 0 unspecified atom stereocenters. The molecule has 0 bridgehead atoms. The molecule has 0 saturated carbocycles. The van der Waals surface area contributed by atoms with Crippen molar-refractivity contribution < 1.29 is 13.2 Å². The average molecular weight is 389 g/mol. The smallest absolute Gasteiger partial charge is 0.243 e. The van der Waals surface area contributed by atoms with Gasteiger partial charge < -0.3 is 4.74 Å². The number of rotatable bonds is 3. The lowest BCUT2D eigenvalue weighted by molar-refractivity contribution is 0.00610. The quantitative estimate of drug-likeness (QED) is 0.793. The SMILES string of the molecule is O=S(=O)(c1ccc(Br)cc1)N1CCC(N2CCOCC2)CC1. The molecule has 122 valence electrons. The fourth-order valence-electron chi connectivity index (χ4n) is 3.15. The first-order valence-corrected chi connectivity index (χ1v) is 9.88. The summed E-state index contributed by atoms with van der Waals surface area (Å²) >= 11 is 3.34. The second kappa shape index (κ2) is 6.97. The Kier molecular flexibility index (Phi) is 5.19. The molecule has 0 aliphatic carbocycles. The molecule has 0 amide bonds. The van der Waals surface area contributed by atoms with Crippen LogP contribution in [-0.2, 0) is 14.8 Å². The summed E-state index contributed by atoms with van der Waals surface area (Å²) in [4.78, 5) is 2.81. The number of halogens is 1. The molecule has 2 heterocycles. The maximum atomic E-state index is 12.7. The normalized spacial score (nSPS) is 22.8. The number of piperidine rings is 1. The van der Waals surface area contributed by atoms with Crippen LogP contribution in [0.25, 0.3) is 0 Å². The molecule has 0 atom stereocenters. The number of hydrogen-bond donors (Lipinski definition) is 0. The minimum Gasteiger partial charge on any atom is -0.379 e. The van der Waals surface area contributed by atoms with Crippen LogP contribution in [-0.4, -0.2) is 63.1 Å². The van der Waals surface area contributed by atoms with Crippen LogP contribution >= 0.6 is 15.9 Å². The second-order valence-corrected chi connectivity index (χ2v) is 8.59. The lowest BCUT2D eigenvalue weighted by Crippen LogP contribution is -2.50. The molecule has 2 saturated heterocycles. The van der Waals surface area contributed by atoms with Gasteiger partial charge in [0, 0.05) is 36.7 Å². The topological polar surface area (TPSA) is 49.9 Å². The maximum Gasteiger partial charge on any atom is 0.243 e. The van der Waals surface area contributed by atoms with Gasteiger partial charge >= 0.3 is 0 Å². The van der Waals surface area contributed by atoms with Crippen LogP contribution in [0.4, 0.5) is 0 Å². The highest BCUT2D eigenvalue weighted by Gasteiger charge is 2.32. The first-order chi connectivity index (χ1) is 10.6. The number of hydrogen-bond acceptors (Lipinski definition) is 4. The highest BCUT2D eigenvalue weighted by Crippen LogP contribution is 2.24. The van der Waals surface area contributed by atoms with E-state index in [0.717, 1.165) is 43.6 Å². The van der Waals surface area contributed by atoms with Crippen LogP contribution in [0.15, 0.2) is 33.6 Å². The Morgan fingerprint density at radius 2 is 1.59 bits per heavy atom. The number of ether oxygens (including phenoxy) is 1. The van der Waals surface area contributed by atoms with Gasteiger partial charge in [-0.15, -0.1) is 0 Å². The summed E-state index contributed by atoms with van der Waals surface area (Å²) in [6.07, 6.45) is 1.80. The van der Waals surface area contributed by atoms with Gasteiger partial charge in [0.15, 0.2) is 0 Å². The van der Waals surface area contributed by atoms with Crippen molar-refractivity contribution in [2.45, 2.75) is 23.8 Å². The van der Waals surface area contributed by atoms with Crippen molar-refractivity contribution in [3.05, 3.63) is 28.7 Å². The third kappa shape index (κ3) is 3.54. The molecule has 7 heteroatoms. The van der Waals surface area contributed by atoms with Gasteiger partial charge in [-0.1, -0.05) is 15.9 Å². The third-order valence-electron chi connectivity index (χ3n) is 4.44. The minimum absolute atomic E-state index is 0.375. The number of nitrogens with zero attached hydrogens (tertiary/aromatic N) is 2. The van der Waals surface area contributed by atoms with E-state index in [9.17, 15) is 8.42 Å². The number of benzene rings is 1. The molecule has 1 aromatic rings. The van der Waals surface area contributed by atoms with Gasteiger partial charge in [0.25, 0.3) is 0 Å². The number of sulfonamides is 1. The van der Waals surface area contributed by atoms with E-state index in [2.05, 4.69) is 20.8 Å². The third-order valence-corrected chi connectivity index (χ3v) is 6.88. The Bertz CT molecular complexity index is 592. The Balaban J connectivity index is 1.63. The van der Waals surface area contributed by atoms with Crippen molar-refractivity contribution in [1.82, 2.24) is 9.21 Å². The molecular weight excluding hydrogens is 368 g/mol. The molecule has 3 rings (SSSR count). The Labute approximate surface area is 140 Å². The summed E-state index contributed by atoms with van der Waals surface area (Å²) < 4.78 is 33.2. The maximum absolute atomic E-state index is 12.7. The molecule has 2 fully saturated rings. The summed E-state index contributed by atoms with van der Waals surface area (Å²) in [5.41, 5.74) is 0. The molecule has 0 N–H and O–H groups in total. The van der Waals surface area contributed by atoms with Crippen LogP contribution in [0.2, 0.25) is 0 Å². The van der Waals surface area contributed by atoms with Crippen LogP contribution in [0.5, 0.6) is 0 Å². The lowest BCUT2D eigenvalue weighted by atomic mass is 10.0. The first kappa shape index (κ1) is 16.4. The summed E-state index contributed by atoms with van der Waals surface area (Å²) in [6, 6.07) is 7.35. The molecule has 1 aromatic carbocycles. The zero-order chi connectivity index (χ0) is 15.6. The zero-order valence-corrected chi connectivity index (χ0v) is 14.9. The van der Waals surface area contributed by atoms with Gasteiger partial charge in [0.1, 0.15) is 0 Å². The molecule has 0 radical (unpaired) electrons. The standard InChI is InChI=1S/C15H21BrN2O3S/c16-13-1-3-15(4-2-13)22(19,20)18-7-5-14(6-8-18)17-9-11-21-12-10-17/h1-4,14H,5-12H2. The minimum atomic E-state index is -3.36. The van der Waals surface area contributed by atoms with Crippen molar-refractivity contribution >= 4 is 26.0 Å². The van der Waals surface area contributed by atoms with Crippen LogP contribution < -0.4 is 0 Å². The van der Waals surface area contributed by atoms with Crippen molar-refractivity contribution in [2.24, 2.45) is 0 Å². The fourth-order valence-corrected chi connectivity index (χ4v) is 4.88. The van der Waals surface area contributed by atoms with E-state index < -0.39 is 10.0 Å². The van der Waals surface area contributed by atoms with E-state index in [0.29, 0.717) is 24.0 Å². The van der Waals surface area contributed by atoms with Crippen LogP contribution in [0.1, 0.15) is 12.8 Å². The van der Waals surface area contributed by atoms with Gasteiger partial charge in [-0.2, -0.15) is 4.31 Å². The van der Waals surface area contributed by atoms with Gasteiger partial charge in [-0.3, -0.25) is 4.90 Å². The van der Waals surface area contributed by atoms with Gasteiger partial charge in [0.2, 0.25) is 10.0 Å². The Hall–Kier alpha value is -0.470. The highest BCUT2D eigenvalue weighted by molar-refractivity contribution is 9.10. The lowest BCUT2D eigenvalue weighted by Gasteiger charge is -2.39. The van der Waals surface area contributed by atoms with Crippen molar-refractivity contribution in [3.63, 3.8) is 0 Å². The predicted molar refractivity (Wildman–Crippen MR) is 88.3 cm³/mol. The Morgan fingerprint density at radius 3 is 2.18 bits per heavy atom. The van der Waals surface area contributed by atoms with Gasteiger partial charge in [0.05, 0.1) is 18.1 Å². The number of morpholine rings is 1. The molecule has 2 aliphatic heterocycles. The first-order valence-electron chi connectivity index (χ1n) is 7.65. The molecule has 0 aromatic heterocycles. The van der Waals surface area contributed by atoms with Gasteiger partial charge in [-0.25, -0.2) is 8.42 Å². The summed E-state index contributed by atoms with van der Waals surface area (Å²) in [5, 5.41) is 0. The highest BCUT2D eigenvalue weighted by atomic mass is 79.9. The molecule has 5 nitrogen and oxygen atoms in total. The fraction of sp³-hybridized carbons (Fsp3) is 0.600. The van der Waals surface area contributed by atoms with E-state index in [1.54, 1.807) is 28.6 Å². The van der Waals surface area contributed by atoms with Crippen molar-refractivity contribution in [1.29, 1.82) is 0 Å². The molecule has 0 spiro atoms. The van der Waals surface area contributed by atoms with Gasteiger partial charge in [-0.05, 0) is 37.1 Å². The van der Waals surface area contributed by atoms with Crippen molar-refractivity contribution in [3.8, 4) is 0 Å². The van der Waals surface area contributed by atoms with E-state index in [1.165, 1.54) is 0 Å². The predicted octanol–water partition coefficient (Wildman–Crippen LogP) is 1.93. The van der Waals surface area contributed by atoms with E-state index in [4.69, 9.17) is 4.74 Å². The molecule has 2 aliphatic rings. The van der Waals surface area contributed by atoms with E-state index in [1.807, 2.05) is 0 Å². The summed E-state index contributed by atoms with van der Waals surface area (Å²) in [5.74, 6) is 0. The van der Waals surface area contributed by atoms with Crippen LogP contribution in [0, 0.1) is 0 Å². The van der Waals surface area contributed by atoms with Crippen LogP contribution in [0.3, 0.4) is 0 Å². The average Bonchev–Trinajstić information content (AvgIpc) is 2.56. The van der Waals surface area contributed by atoms with Crippen molar-refractivity contribution in [2.75, 3.05) is 39.4 Å². The molecular formula is C15H21BrN2O3S. The molecule has 22 heavy (non-hydrogen) atoms. The largest absolute Gasteiger partial charge is 0.379 e. The Morgan fingerprint density at radius 1 is 1.00 bits per heavy atom. The monoisotopic (exact) mass is 388 g/mol. The summed E-state index contributed by atoms with van der Waals surface area (Å²) in [6.45, 7) is 4.70. The zero-order valence-electron chi connectivity index (χ0n) is 12.4. The summed E-state index contributed by atoms with van der Waals surface area (Å²) in [7, 11) is -3.36. The second-order valence-electron chi connectivity index (χ2n) is 5.74. The van der Waals surface area contributed by atoms with E-state index >= 15 is 0 Å².